The van der Waals surface area contributed by atoms with Crippen LogP contribution in [0.1, 0.15) is 38.7 Å². The van der Waals surface area contributed by atoms with E-state index in [0.29, 0.717) is 23.9 Å². The first kappa shape index (κ1) is 16.5. The Morgan fingerprint density at radius 1 is 1.19 bits per heavy atom. The van der Waals surface area contributed by atoms with Crippen LogP contribution in [0.5, 0.6) is 0 Å². The van der Waals surface area contributed by atoms with Gasteiger partial charge >= 0.3 is 0 Å². The summed E-state index contributed by atoms with van der Waals surface area (Å²) >= 11 is 0. The van der Waals surface area contributed by atoms with Gasteiger partial charge in [-0.25, -0.2) is 8.42 Å². The largest absolute Gasteiger partial charge is 0.330 e. The summed E-state index contributed by atoms with van der Waals surface area (Å²) in [7, 11) is -3.37. The lowest BCUT2D eigenvalue weighted by molar-refractivity contribution is 0.218. The molecule has 0 aliphatic carbocycles. The molecule has 1 saturated heterocycles. The molecule has 0 saturated carbocycles. The highest BCUT2D eigenvalue weighted by atomic mass is 32.2. The van der Waals surface area contributed by atoms with Crippen LogP contribution in [0.4, 0.5) is 0 Å². The van der Waals surface area contributed by atoms with Gasteiger partial charge in [-0.1, -0.05) is 19.1 Å². The Labute approximate surface area is 128 Å². The average molecular weight is 310 g/mol. The van der Waals surface area contributed by atoms with E-state index >= 15 is 0 Å². The first-order valence-electron chi connectivity index (χ1n) is 7.76. The number of nitrogens with two attached hydrogens (primary N) is 1. The zero-order chi connectivity index (χ0) is 15.5. The molecule has 0 amide bonds. The van der Waals surface area contributed by atoms with Crippen molar-refractivity contribution in [1.82, 2.24) is 4.31 Å². The van der Waals surface area contributed by atoms with Crippen molar-refractivity contribution in [2.75, 3.05) is 13.1 Å². The maximum atomic E-state index is 12.8. The topological polar surface area (TPSA) is 63.4 Å². The molecule has 2 unspecified atom stereocenters. The summed E-state index contributed by atoms with van der Waals surface area (Å²) < 4.78 is 27.2. The van der Waals surface area contributed by atoms with Crippen molar-refractivity contribution in [2.24, 2.45) is 11.7 Å². The molecule has 0 spiro atoms. The number of nitrogens with zero attached hydrogens (tertiary/aromatic N) is 1. The van der Waals surface area contributed by atoms with Crippen LogP contribution in [0.25, 0.3) is 0 Å². The van der Waals surface area contributed by atoms with E-state index in [-0.39, 0.29) is 6.04 Å². The van der Waals surface area contributed by atoms with Crippen LogP contribution in [-0.2, 0) is 16.4 Å². The molecule has 21 heavy (non-hydrogen) atoms. The van der Waals surface area contributed by atoms with Crippen molar-refractivity contribution in [2.45, 2.75) is 50.5 Å². The van der Waals surface area contributed by atoms with Crippen LogP contribution in [-0.4, -0.2) is 31.9 Å². The van der Waals surface area contributed by atoms with Gasteiger partial charge in [0.15, 0.2) is 0 Å². The molecule has 1 aromatic rings. The number of benzene rings is 1. The summed E-state index contributed by atoms with van der Waals surface area (Å²) in [5.41, 5.74) is 6.64. The van der Waals surface area contributed by atoms with Gasteiger partial charge in [-0.3, -0.25) is 0 Å². The highest BCUT2D eigenvalue weighted by Crippen LogP contribution is 2.28. The van der Waals surface area contributed by atoms with Crippen LogP contribution in [0.3, 0.4) is 0 Å². The van der Waals surface area contributed by atoms with Crippen molar-refractivity contribution >= 4 is 10.0 Å². The highest BCUT2D eigenvalue weighted by Gasteiger charge is 2.33. The van der Waals surface area contributed by atoms with Gasteiger partial charge in [-0.2, -0.15) is 4.31 Å². The van der Waals surface area contributed by atoms with Gasteiger partial charge in [0.1, 0.15) is 0 Å². The lowest BCUT2D eigenvalue weighted by Crippen LogP contribution is -2.44. The molecule has 0 aromatic heterocycles. The minimum Gasteiger partial charge on any atom is -0.330 e. The molecule has 2 rings (SSSR count). The van der Waals surface area contributed by atoms with E-state index in [2.05, 4.69) is 6.92 Å². The Morgan fingerprint density at radius 2 is 1.86 bits per heavy atom. The average Bonchev–Trinajstić information content (AvgIpc) is 2.48. The zero-order valence-corrected chi connectivity index (χ0v) is 13.8. The number of rotatable bonds is 5. The maximum Gasteiger partial charge on any atom is 0.243 e. The van der Waals surface area contributed by atoms with E-state index in [9.17, 15) is 8.42 Å². The van der Waals surface area contributed by atoms with E-state index < -0.39 is 10.0 Å². The first-order chi connectivity index (χ1) is 9.95. The minimum absolute atomic E-state index is 0.0862. The second kappa shape index (κ2) is 6.90. The number of hydrogen-bond acceptors (Lipinski definition) is 3. The second-order valence-electron chi connectivity index (χ2n) is 6.14. The predicted molar refractivity (Wildman–Crippen MR) is 85.6 cm³/mol. The van der Waals surface area contributed by atoms with Crippen molar-refractivity contribution in [3.63, 3.8) is 0 Å². The van der Waals surface area contributed by atoms with Gasteiger partial charge in [0.2, 0.25) is 10.0 Å². The molecule has 118 valence electrons. The third-order valence-corrected chi connectivity index (χ3v) is 6.25. The van der Waals surface area contributed by atoms with E-state index in [0.717, 1.165) is 31.2 Å². The fourth-order valence-electron chi connectivity index (χ4n) is 2.85. The van der Waals surface area contributed by atoms with Crippen LogP contribution < -0.4 is 5.73 Å². The van der Waals surface area contributed by atoms with Crippen molar-refractivity contribution in [3.8, 4) is 0 Å². The SMILES string of the molecule is CC1CCC(C)N(S(=O)(=O)c2ccc(CCCN)cc2)C1. The molecular weight excluding hydrogens is 284 g/mol. The molecule has 2 atom stereocenters. The standard InChI is InChI=1S/C16H26N2O2S/c1-13-5-6-14(2)18(12-13)21(19,20)16-9-7-15(8-10-16)4-3-11-17/h7-10,13-14H,3-6,11-12,17H2,1-2H3. The van der Waals surface area contributed by atoms with Gasteiger partial charge < -0.3 is 5.73 Å². The van der Waals surface area contributed by atoms with Gasteiger partial charge in [-0.05, 0) is 62.8 Å². The minimum atomic E-state index is -3.37. The lowest BCUT2D eigenvalue weighted by Gasteiger charge is -2.35. The van der Waals surface area contributed by atoms with E-state index in [4.69, 9.17) is 5.73 Å². The van der Waals surface area contributed by atoms with Crippen molar-refractivity contribution in [3.05, 3.63) is 29.8 Å². The lowest BCUT2D eigenvalue weighted by atomic mass is 9.97. The van der Waals surface area contributed by atoms with E-state index in [1.54, 1.807) is 16.4 Å². The Morgan fingerprint density at radius 3 is 2.48 bits per heavy atom. The summed E-state index contributed by atoms with van der Waals surface area (Å²) in [5.74, 6) is 0.430. The molecule has 1 aromatic carbocycles. The summed E-state index contributed by atoms with van der Waals surface area (Å²) in [6.07, 6.45) is 3.86. The van der Waals surface area contributed by atoms with E-state index in [1.165, 1.54) is 0 Å². The molecule has 2 N–H and O–H groups in total. The number of piperidine rings is 1. The van der Waals surface area contributed by atoms with Crippen LogP contribution in [0.2, 0.25) is 0 Å². The van der Waals surface area contributed by atoms with Gasteiger partial charge in [0.05, 0.1) is 4.90 Å². The third-order valence-electron chi connectivity index (χ3n) is 4.26. The van der Waals surface area contributed by atoms with Crippen molar-refractivity contribution in [1.29, 1.82) is 0 Å². The maximum absolute atomic E-state index is 12.8. The molecule has 4 nitrogen and oxygen atoms in total. The Hall–Kier alpha value is -0.910. The summed E-state index contributed by atoms with van der Waals surface area (Å²) in [6.45, 7) is 5.39. The van der Waals surface area contributed by atoms with E-state index in [1.807, 2.05) is 19.1 Å². The van der Waals surface area contributed by atoms with Gasteiger partial charge in [-0.15, -0.1) is 0 Å². The number of sulfonamides is 1. The Kier molecular flexibility index (Phi) is 5.41. The molecule has 1 aliphatic rings. The van der Waals surface area contributed by atoms with Crippen LogP contribution >= 0.6 is 0 Å². The fourth-order valence-corrected chi connectivity index (χ4v) is 4.63. The fraction of sp³-hybridized carbons (Fsp3) is 0.625. The molecular formula is C16H26N2O2S. The smallest absolute Gasteiger partial charge is 0.243 e. The monoisotopic (exact) mass is 310 g/mol. The quantitative estimate of drug-likeness (QED) is 0.908. The molecule has 5 heteroatoms. The van der Waals surface area contributed by atoms with Crippen molar-refractivity contribution < 1.29 is 8.42 Å². The third kappa shape index (κ3) is 3.84. The molecule has 0 radical (unpaired) electrons. The van der Waals surface area contributed by atoms with Gasteiger partial charge in [0, 0.05) is 12.6 Å². The molecule has 0 bridgehead atoms. The molecule has 1 fully saturated rings. The molecule has 1 heterocycles. The normalized spacial score (nSPS) is 24.1. The van der Waals surface area contributed by atoms with Crippen LogP contribution in [0, 0.1) is 5.92 Å². The number of hydrogen-bond donors (Lipinski definition) is 1. The summed E-state index contributed by atoms with van der Waals surface area (Å²) in [5, 5.41) is 0. The molecule has 1 aliphatic heterocycles. The van der Waals surface area contributed by atoms with Crippen LogP contribution in [0.15, 0.2) is 29.2 Å². The Balaban J connectivity index is 2.18. The summed E-state index contributed by atoms with van der Waals surface area (Å²) in [6, 6.07) is 7.35. The highest BCUT2D eigenvalue weighted by molar-refractivity contribution is 7.89. The first-order valence-corrected chi connectivity index (χ1v) is 9.20. The zero-order valence-electron chi connectivity index (χ0n) is 13.0. The Bertz CT molecular complexity index is 554. The van der Waals surface area contributed by atoms with Gasteiger partial charge in [0.25, 0.3) is 0 Å². The predicted octanol–water partition coefficient (Wildman–Crippen LogP) is 2.39. The second-order valence-corrected chi connectivity index (χ2v) is 8.03. The summed E-state index contributed by atoms with van der Waals surface area (Å²) in [4.78, 5) is 0.403. The number of aryl methyl sites for hydroxylation is 1.